The number of carbonyl (C=O) groups excluding carboxylic acids is 1. The molecule has 7 heteroatoms. The lowest BCUT2D eigenvalue weighted by atomic mass is 10.2. The molecule has 0 spiro atoms. The van der Waals surface area contributed by atoms with Crippen LogP contribution in [0.3, 0.4) is 0 Å². The number of nitrogens with zero attached hydrogens (tertiary/aromatic N) is 1. The van der Waals surface area contributed by atoms with Crippen LogP contribution >= 0.6 is 11.6 Å². The molecule has 6 nitrogen and oxygen atoms in total. The number of hydrogen-bond donors (Lipinski definition) is 2. The van der Waals surface area contributed by atoms with E-state index in [0.29, 0.717) is 48.4 Å². The van der Waals surface area contributed by atoms with Gasteiger partial charge in [-0.05, 0) is 24.8 Å². The second-order valence-corrected chi connectivity index (χ2v) is 5.73. The van der Waals surface area contributed by atoms with E-state index in [2.05, 4.69) is 10.3 Å². The number of carboxylic acids is 1. The molecule has 0 radical (unpaired) electrons. The molecule has 22 heavy (non-hydrogen) atoms. The fourth-order valence-corrected chi connectivity index (χ4v) is 1.83. The second-order valence-electron chi connectivity index (χ2n) is 5.32. The average Bonchev–Trinajstić information content (AvgIpc) is 2.44. The fourth-order valence-electron chi connectivity index (χ4n) is 1.61. The van der Waals surface area contributed by atoms with E-state index in [1.807, 2.05) is 13.8 Å². The molecule has 2 N–H and O–H groups in total. The number of pyridine rings is 1. The molecule has 0 saturated heterocycles. The normalized spacial score (nSPS) is 10.5. The highest BCUT2D eigenvalue weighted by molar-refractivity contribution is 6.32. The number of aromatic nitrogens is 1. The van der Waals surface area contributed by atoms with E-state index in [1.54, 1.807) is 0 Å². The smallest absolute Gasteiger partial charge is 0.303 e. The summed E-state index contributed by atoms with van der Waals surface area (Å²) in [5, 5.41) is 11.5. The van der Waals surface area contributed by atoms with E-state index in [9.17, 15) is 9.59 Å². The summed E-state index contributed by atoms with van der Waals surface area (Å²) < 4.78 is 5.44. The monoisotopic (exact) mass is 328 g/mol. The van der Waals surface area contributed by atoms with Crippen molar-refractivity contribution in [3.8, 4) is 5.88 Å². The first kappa shape index (κ1) is 18.2. The van der Waals surface area contributed by atoms with Crippen molar-refractivity contribution in [2.24, 2.45) is 5.92 Å². The Kier molecular flexibility index (Phi) is 7.66. The molecule has 1 aromatic rings. The summed E-state index contributed by atoms with van der Waals surface area (Å²) >= 11 is 6.04. The van der Waals surface area contributed by atoms with Crippen LogP contribution < -0.4 is 10.1 Å². The van der Waals surface area contributed by atoms with E-state index in [4.69, 9.17) is 21.4 Å². The molecule has 1 amide bonds. The highest BCUT2D eigenvalue weighted by Gasteiger charge is 2.11. The minimum absolute atomic E-state index is 0.102. The first-order valence-corrected chi connectivity index (χ1v) is 7.56. The van der Waals surface area contributed by atoms with Crippen LogP contribution in [0, 0.1) is 5.92 Å². The topological polar surface area (TPSA) is 88.5 Å². The van der Waals surface area contributed by atoms with Crippen LogP contribution in [-0.2, 0) is 4.79 Å². The third-order valence-corrected chi connectivity index (χ3v) is 3.00. The van der Waals surface area contributed by atoms with Gasteiger partial charge in [0.15, 0.2) is 0 Å². The number of halogens is 1. The van der Waals surface area contributed by atoms with E-state index in [0.717, 1.165) is 0 Å². The van der Waals surface area contributed by atoms with Crippen molar-refractivity contribution in [2.75, 3.05) is 13.2 Å². The highest BCUT2D eigenvalue weighted by Crippen LogP contribution is 2.22. The number of ether oxygens (including phenoxy) is 1. The third-order valence-electron chi connectivity index (χ3n) is 2.73. The summed E-state index contributed by atoms with van der Waals surface area (Å²) in [7, 11) is 0. The first-order chi connectivity index (χ1) is 10.4. The number of carboxylic acid groups (broad SMARTS) is 1. The van der Waals surface area contributed by atoms with Crippen molar-refractivity contribution in [3.63, 3.8) is 0 Å². The minimum atomic E-state index is -0.834. The molecule has 0 aliphatic carbocycles. The standard InChI is InChI=1S/C15H21ClN2O4/c1-10(2)9-22-15-12(16)7-11(8-18-15)14(21)17-6-4-3-5-13(19)20/h7-8,10H,3-6,9H2,1-2H3,(H,17,21)(H,19,20). The zero-order chi connectivity index (χ0) is 16.5. The second kappa shape index (κ2) is 9.25. The molecule has 0 saturated carbocycles. The predicted molar refractivity (Wildman–Crippen MR) is 83.4 cm³/mol. The largest absolute Gasteiger partial charge is 0.481 e. The maximum atomic E-state index is 11.9. The highest BCUT2D eigenvalue weighted by atomic mass is 35.5. The molecule has 1 rings (SSSR count). The Bertz CT molecular complexity index is 520. The zero-order valence-corrected chi connectivity index (χ0v) is 13.5. The van der Waals surface area contributed by atoms with Crippen molar-refractivity contribution in [3.05, 3.63) is 22.8 Å². The van der Waals surface area contributed by atoms with Crippen LogP contribution in [-0.4, -0.2) is 35.1 Å². The molecule has 0 fully saturated rings. The Morgan fingerprint density at radius 2 is 2.14 bits per heavy atom. The molecular formula is C15H21ClN2O4. The lowest BCUT2D eigenvalue weighted by Crippen LogP contribution is -2.24. The van der Waals surface area contributed by atoms with Crippen molar-refractivity contribution < 1.29 is 19.4 Å². The van der Waals surface area contributed by atoms with Gasteiger partial charge >= 0.3 is 5.97 Å². The van der Waals surface area contributed by atoms with Gasteiger partial charge in [-0.3, -0.25) is 9.59 Å². The molecule has 1 aromatic heterocycles. The van der Waals surface area contributed by atoms with Gasteiger partial charge < -0.3 is 15.2 Å². The van der Waals surface area contributed by atoms with Crippen LogP contribution in [0.25, 0.3) is 0 Å². The van der Waals surface area contributed by atoms with Crippen LogP contribution in [0.2, 0.25) is 5.02 Å². The van der Waals surface area contributed by atoms with Crippen molar-refractivity contribution in [1.29, 1.82) is 0 Å². The summed E-state index contributed by atoms with van der Waals surface area (Å²) in [6, 6.07) is 1.51. The summed E-state index contributed by atoms with van der Waals surface area (Å²) in [6.45, 7) is 4.94. The maximum Gasteiger partial charge on any atom is 0.303 e. The summed E-state index contributed by atoms with van der Waals surface area (Å²) in [5.41, 5.74) is 0.347. The van der Waals surface area contributed by atoms with Crippen LogP contribution in [0.15, 0.2) is 12.3 Å². The molecule has 0 aromatic carbocycles. The molecule has 1 heterocycles. The molecule has 0 aliphatic heterocycles. The van der Waals surface area contributed by atoms with Gasteiger partial charge in [-0.15, -0.1) is 0 Å². The number of unbranched alkanes of at least 4 members (excludes halogenated alkanes) is 1. The zero-order valence-electron chi connectivity index (χ0n) is 12.8. The fraction of sp³-hybridized carbons (Fsp3) is 0.533. The van der Waals surface area contributed by atoms with Gasteiger partial charge in [0.05, 0.1) is 12.2 Å². The first-order valence-electron chi connectivity index (χ1n) is 7.18. The summed E-state index contributed by atoms with van der Waals surface area (Å²) in [4.78, 5) is 26.3. The molecule has 0 atom stereocenters. The number of carbonyl (C=O) groups is 2. The van der Waals surface area contributed by atoms with E-state index >= 15 is 0 Å². The third kappa shape index (κ3) is 6.76. The van der Waals surface area contributed by atoms with Gasteiger partial charge in [-0.2, -0.15) is 0 Å². The SMILES string of the molecule is CC(C)COc1ncc(C(=O)NCCCCC(=O)O)cc1Cl. The van der Waals surface area contributed by atoms with Gasteiger partial charge in [0, 0.05) is 19.2 Å². The maximum absolute atomic E-state index is 11.9. The quantitative estimate of drug-likeness (QED) is 0.680. The lowest BCUT2D eigenvalue weighted by Gasteiger charge is -2.10. The average molecular weight is 329 g/mol. The van der Waals surface area contributed by atoms with Gasteiger partial charge in [0.2, 0.25) is 5.88 Å². The van der Waals surface area contributed by atoms with E-state index in [-0.39, 0.29) is 12.3 Å². The molecule has 0 aliphatic rings. The Morgan fingerprint density at radius 1 is 1.41 bits per heavy atom. The van der Waals surface area contributed by atoms with Crippen molar-refractivity contribution in [2.45, 2.75) is 33.1 Å². The lowest BCUT2D eigenvalue weighted by molar-refractivity contribution is -0.137. The predicted octanol–water partition coefficient (Wildman–Crippen LogP) is 2.75. The minimum Gasteiger partial charge on any atom is -0.481 e. The van der Waals surface area contributed by atoms with E-state index < -0.39 is 5.97 Å². The molecule has 0 bridgehead atoms. The van der Waals surface area contributed by atoms with E-state index in [1.165, 1.54) is 12.3 Å². The van der Waals surface area contributed by atoms with Crippen molar-refractivity contribution in [1.82, 2.24) is 10.3 Å². The number of hydrogen-bond acceptors (Lipinski definition) is 4. The molecular weight excluding hydrogens is 308 g/mol. The Morgan fingerprint density at radius 3 is 2.73 bits per heavy atom. The van der Waals surface area contributed by atoms with Crippen LogP contribution in [0.4, 0.5) is 0 Å². The van der Waals surface area contributed by atoms with Crippen LogP contribution in [0.1, 0.15) is 43.5 Å². The van der Waals surface area contributed by atoms with Crippen molar-refractivity contribution >= 4 is 23.5 Å². The number of nitrogens with one attached hydrogen (secondary N) is 1. The number of rotatable bonds is 9. The Hall–Kier alpha value is -1.82. The Balaban J connectivity index is 2.45. The molecule has 0 unspecified atom stereocenters. The summed E-state index contributed by atoms with van der Waals surface area (Å²) in [5.74, 6) is -0.459. The van der Waals surface area contributed by atoms with Gasteiger partial charge in [0.1, 0.15) is 5.02 Å². The summed E-state index contributed by atoms with van der Waals surface area (Å²) in [6.07, 6.45) is 2.64. The van der Waals surface area contributed by atoms with Gasteiger partial charge in [-0.25, -0.2) is 4.98 Å². The van der Waals surface area contributed by atoms with Gasteiger partial charge in [-0.1, -0.05) is 25.4 Å². The van der Waals surface area contributed by atoms with Gasteiger partial charge in [0.25, 0.3) is 5.91 Å². The van der Waals surface area contributed by atoms with Crippen LogP contribution in [0.5, 0.6) is 5.88 Å². The number of amides is 1. The number of aliphatic carboxylic acids is 1. The Labute approximate surface area is 134 Å². The molecule has 122 valence electrons.